The normalized spacial score (nSPS) is 17.5. The molecule has 1 fully saturated rings. The molecule has 24 heavy (non-hydrogen) atoms. The maximum absolute atomic E-state index is 12.3. The van der Waals surface area contributed by atoms with Crippen LogP contribution in [0.25, 0.3) is 0 Å². The van der Waals surface area contributed by atoms with E-state index in [1.165, 1.54) is 0 Å². The van der Waals surface area contributed by atoms with Gasteiger partial charge in [-0.15, -0.1) is 11.3 Å². The molecule has 0 saturated carbocycles. The maximum atomic E-state index is 12.3. The van der Waals surface area contributed by atoms with Crippen molar-refractivity contribution in [2.45, 2.75) is 19.8 Å². The highest BCUT2D eigenvalue weighted by Crippen LogP contribution is 2.24. The highest BCUT2D eigenvalue weighted by molar-refractivity contribution is 7.13. The Balaban J connectivity index is 1.50. The molecule has 6 heteroatoms. The van der Waals surface area contributed by atoms with Crippen LogP contribution in [0.3, 0.4) is 0 Å². The summed E-state index contributed by atoms with van der Waals surface area (Å²) in [5.74, 6) is 1.24. The molecular weight excluding hydrogens is 322 g/mol. The Morgan fingerprint density at radius 3 is 2.96 bits per heavy atom. The van der Waals surface area contributed by atoms with Gasteiger partial charge < -0.3 is 15.0 Å². The lowest BCUT2D eigenvalue weighted by Crippen LogP contribution is -2.41. The summed E-state index contributed by atoms with van der Waals surface area (Å²) in [6, 6.07) is 7.29. The molecule has 1 N–H and O–H groups in total. The monoisotopic (exact) mass is 345 g/mol. The predicted octanol–water partition coefficient (Wildman–Crippen LogP) is 3.19. The number of hydrogen-bond acceptors (Lipinski definition) is 5. The Morgan fingerprint density at radius 2 is 2.25 bits per heavy atom. The van der Waals surface area contributed by atoms with E-state index in [0.717, 1.165) is 36.8 Å². The average molecular weight is 345 g/mol. The highest BCUT2D eigenvalue weighted by atomic mass is 32.1. The van der Waals surface area contributed by atoms with E-state index in [-0.39, 0.29) is 5.91 Å². The van der Waals surface area contributed by atoms with Gasteiger partial charge in [-0.1, -0.05) is 0 Å². The second-order valence-corrected chi connectivity index (χ2v) is 6.81. The van der Waals surface area contributed by atoms with Crippen LogP contribution in [-0.2, 0) is 0 Å². The van der Waals surface area contributed by atoms with Gasteiger partial charge in [0.05, 0.1) is 6.61 Å². The zero-order chi connectivity index (χ0) is 16.8. The summed E-state index contributed by atoms with van der Waals surface area (Å²) in [6.07, 6.45) is 4.13. The second kappa shape index (κ2) is 8.15. The number of benzene rings is 1. The summed E-state index contributed by atoms with van der Waals surface area (Å²) < 4.78 is 5.40. The summed E-state index contributed by atoms with van der Waals surface area (Å²) in [7, 11) is 0. The van der Waals surface area contributed by atoms with Crippen molar-refractivity contribution in [3.05, 3.63) is 41.4 Å². The van der Waals surface area contributed by atoms with Crippen LogP contribution < -0.4 is 15.0 Å². The molecule has 2 aromatic rings. The predicted molar refractivity (Wildman–Crippen MR) is 97.0 cm³/mol. The molecular formula is C18H23N3O2S. The van der Waals surface area contributed by atoms with Crippen LogP contribution in [-0.4, -0.2) is 37.1 Å². The number of thiazole rings is 1. The minimum absolute atomic E-state index is 0.0237. The van der Waals surface area contributed by atoms with Crippen molar-refractivity contribution in [1.82, 2.24) is 10.3 Å². The molecule has 1 unspecified atom stereocenters. The Morgan fingerprint density at radius 1 is 1.42 bits per heavy atom. The Kier molecular flexibility index (Phi) is 5.69. The van der Waals surface area contributed by atoms with Gasteiger partial charge in [-0.25, -0.2) is 4.98 Å². The highest BCUT2D eigenvalue weighted by Gasteiger charge is 2.22. The quantitative estimate of drug-likeness (QED) is 0.874. The van der Waals surface area contributed by atoms with Crippen LogP contribution in [0.15, 0.2) is 35.8 Å². The summed E-state index contributed by atoms with van der Waals surface area (Å²) >= 11 is 1.67. The van der Waals surface area contributed by atoms with Gasteiger partial charge >= 0.3 is 0 Å². The van der Waals surface area contributed by atoms with E-state index in [2.05, 4.69) is 15.2 Å². The number of piperidine rings is 1. The number of rotatable bonds is 6. The molecule has 1 aliphatic heterocycles. The summed E-state index contributed by atoms with van der Waals surface area (Å²) in [5.41, 5.74) is 0.672. The SMILES string of the molecule is CCOc1ccc(C(=O)NCC2CCCN(c3nccs3)C2)cc1. The third-order valence-electron chi connectivity index (χ3n) is 4.19. The van der Waals surface area contributed by atoms with E-state index in [9.17, 15) is 4.79 Å². The van der Waals surface area contributed by atoms with Gasteiger partial charge in [-0.2, -0.15) is 0 Å². The van der Waals surface area contributed by atoms with Crippen molar-refractivity contribution >= 4 is 22.4 Å². The van der Waals surface area contributed by atoms with Crippen LogP contribution in [0.1, 0.15) is 30.1 Å². The number of amides is 1. The number of aromatic nitrogens is 1. The van der Waals surface area contributed by atoms with E-state index in [1.54, 1.807) is 11.3 Å². The molecule has 0 spiro atoms. The molecule has 0 bridgehead atoms. The van der Waals surface area contributed by atoms with Crippen molar-refractivity contribution in [2.24, 2.45) is 5.92 Å². The average Bonchev–Trinajstić information content (AvgIpc) is 3.16. The van der Waals surface area contributed by atoms with Crippen LogP contribution in [0.2, 0.25) is 0 Å². The minimum Gasteiger partial charge on any atom is -0.494 e. The van der Waals surface area contributed by atoms with Crippen LogP contribution >= 0.6 is 11.3 Å². The van der Waals surface area contributed by atoms with Gasteiger partial charge in [-0.3, -0.25) is 4.79 Å². The first-order chi connectivity index (χ1) is 11.8. The van der Waals surface area contributed by atoms with Gasteiger partial charge in [0, 0.05) is 36.8 Å². The van der Waals surface area contributed by atoms with Gasteiger partial charge in [0.1, 0.15) is 5.75 Å². The van der Waals surface area contributed by atoms with Crippen LogP contribution in [0.5, 0.6) is 5.75 Å². The molecule has 1 atom stereocenters. The number of anilines is 1. The second-order valence-electron chi connectivity index (χ2n) is 5.94. The fourth-order valence-corrected chi connectivity index (χ4v) is 3.67. The first-order valence-electron chi connectivity index (χ1n) is 8.41. The number of nitrogens with one attached hydrogen (secondary N) is 1. The maximum Gasteiger partial charge on any atom is 0.251 e. The molecule has 1 saturated heterocycles. The van der Waals surface area contributed by atoms with Gasteiger partial charge in [-0.05, 0) is 49.9 Å². The lowest BCUT2D eigenvalue weighted by atomic mass is 9.98. The fourth-order valence-electron chi connectivity index (χ4n) is 2.99. The molecule has 1 aliphatic rings. The lowest BCUT2D eigenvalue weighted by molar-refractivity contribution is 0.0945. The van der Waals surface area contributed by atoms with E-state index in [4.69, 9.17) is 4.74 Å². The van der Waals surface area contributed by atoms with Crippen molar-refractivity contribution in [3.63, 3.8) is 0 Å². The van der Waals surface area contributed by atoms with Gasteiger partial charge in [0.2, 0.25) is 0 Å². The number of nitrogens with zero attached hydrogens (tertiary/aromatic N) is 2. The van der Waals surface area contributed by atoms with Crippen molar-refractivity contribution in [2.75, 3.05) is 31.1 Å². The van der Waals surface area contributed by atoms with E-state index < -0.39 is 0 Å². The zero-order valence-corrected chi connectivity index (χ0v) is 14.7. The molecule has 2 heterocycles. The molecule has 1 amide bonds. The number of ether oxygens (including phenoxy) is 1. The number of carbonyl (C=O) groups is 1. The lowest BCUT2D eigenvalue weighted by Gasteiger charge is -2.32. The standard InChI is InChI=1S/C18H23N3O2S/c1-2-23-16-7-5-15(6-8-16)17(22)20-12-14-4-3-10-21(13-14)18-19-9-11-24-18/h5-9,11,14H,2-4,10,12-13H2,1H3,(H,20,22). The number of carbonyl (C=O) groups excluding carboxylic acids is 1. The van der Waals surface area contributed by atoms with E-state index in [1.807, 2.05) is 42.8 Å². The summed E-state index contributed by atoms with van der Waals surface area (Å²) in [4.78, 5) is 19.0. The van der Waals surface area contributed by atoms with Crippen molar-refractivity contribution < 1.29 is 9.53 Å². The van der Waals surface area contributed by atoms with Gasteiger partial charge in [0.25, 0.3) is 5.91 Å². The first-order valence-corrected chi connectivity index (χ1v) is 9.29. The number of hydrogen-bond donors (Lipinski definition) is 1. The van der Waals surface area contributed by atoms with Gasteiger partial charge in [0.15, 0.2) is 5.13 Å². The zero-order valence-electron chi connectivity index (χ0n) is 13.9. The molecule has 1 aromatic carbocycles. The Bertz CT molecular complexity index is 643. The molecule has 5 nitrogen and oxygen atoms in total. The van der Waals surface area contributed by atoms with Crippen molar-refractivity contribution in [3.8, 4) is 5.75 Å². The Hall–Kier alpha value is -2.08. The molecule has 3 rings (SSSR count). The fraction of sp³-hybridized carbons (Fsp3) is 0.444. The smallest absolute Gasteiger partial charge is 0.251 e. The summed E-state index contributed by atoms with van der Waals surface area (Å²) in [5, 5.41) is 6.15. The largest absolute Gasteiger partial charge is 0.494 e. The molecule has 0 aliphatic carbocycles. The van der Waals surface area contributed by atoms with Crippen LogP contribution in [0, 0.1) is 5.92 Å². The van der Waals surface area contributed by atoms with E-state index >= 15 is 0 Å². The minimum atomic E-state index is -0.0237. The molecule has 1 aromatic heterocycles. The third kappa shape index (κ3) is 4.26. The summed E-state index contributed by atoms with van der Waals surface area (Å²) in [6.45, 7) is 5.28. The topological polar surface area (TPSA) is 54.5 Å². The Labute approximate surface area is 146 Å². The molecule has 128 valence electrons. The van der Waals surface area contributed by atoms with E-state index in [0.29, 0.717) is 24.6 Å². The first kappa shape index (κ1) is 16.8. The van der Waals surface area contributed by atoms with Crippen molar-refractivity contribution in [1.29, 1.82) is 0 Å². The van der Waals surface area contributed by atoms with Crippen LogP contribution in [0.4, 0.5) is 5.13 Å². The molecule has 0 radical (unpaired) electrons. The third-order valence-corrected chi connectivity index (χ3v) is 5.02.